The number of aliphatic hydroxyl groups excluding tert-OH is 1. The summed E-state index contributed by atoms with van der Waals surface area (Å²) in [7, 11) is 0. The summed E-state index contributed by atoms with van der Waals surface area (Å²) < 4.78 is 11.3. The van der Waals surface area contributed by atoms with E-state index in [1.54, 1.807) is 6.20 Å². The Balaban J connectivity index is 1.24. The third-order valence-electron chi connectivity index (χ3n) is 6.00. The van der Waals surface area contributed by atoms with E-state index in [2.05, 4.69) is 44.5 Å². The maximum atomic E-state index is 10.5. The van der Waals surface area contributed by atoms with Gasteiger partial charge in [-0.3, -0.25) is 4.90 Å². The fourth-order valence-electron chi connectivity index (χ4n) is 4.33. The lowest BCUT2D eigenvalue weighted by Crippen LogP contribution is -2.35. The highest BCUT2D eigenvalue weighted by molar-refractivity contribution is 5.70. The molecule has 2 aromatic rings. The fourth-order valence-corrected chi connectivity index (χ4v) is 4.33. The number of fused-ring (bicyclic) bond motifs is 1. The van der Waals surface area contributed by atoms with Crippen molar-refractivity contribution >= 4 is 11.5 Å². The van der Waals surface area contributed by atoms with Crippen LogP contribution < -0.4 is 15.0 Å². The Labute approximate surface area is 176 Å². The molecule has 4 heterocycles. The molecule has 1 aromatic heterocycles. The summed E-state index contributed by atoms with van der Waals surface area (Å²) in [5.41, 5.74) is 3.15. The van der Waals surface area contributed by atoms with Crippen molar-refractivity contribution in [1.82, 2.24) is 14.9 Å². The van der Waals surface area contributed by atoms with Gasteiger partial charge in [-0.05, 0) is 49.9 Å². The fraction of sp³-hybridized carbons (Fsp3) is 0.545. The van der Waals surface area contributed by atoms with Crippen LogP contribution in [0.4, 0.5) is 11.5 Å². The van der Waals surface area contributed by atoms with Crippen LogP contribution in [0.2, 0.25) is 0 Å². The van der Waals surface area contributed by atoms with Gasteiger partial charge in [0, 0.05) is 19.7 Å². The van der Waals surface area contributed by atoms with E-state index in [9.17, 15) is 5.11 Å². The summed E-state index contributed by atoms with van der Waals surface area (Å²) in [5.74, 6) is 0.654. The molecule has 0 radical (unpaired) electrons. The van der Waals surface area contributed by atoms with Crippen molar-refractivity contribution < 1.29 is 14.6 Å². The first-order valence-corrected chi connectivity index (χ1v) is 10.9. The lowest BCUT2D eigenvalue weighted by molar-refractivity contribution is 0.0645. The van der Waals surface area contributed by atoms with E-state index < -0.39 is 6.35 Å². The average Bonchev–Trinajstić information content (AvgIpc) is 3.51. The van der Waals surface area contributed by atoms with Crippen molar-refractivity contribution in [2.75, 3.05) is 36.5 Å². The Kier molecular flexibility index (Phi) is 5.70. The highest BCUT2D eigenvalue weighted by atomic mass is 16.5. The minimum absolute atomic E-state index is 0.112. The molecule has 5 rings (SSSR count). The van der Waals surface area contributed by atoms with E-state index in [0.717, 1.165) is 31.6 Å². The van der Waals surface area contributed by atoms with Crippen LogP contribution >= 0.6 is 0 Å². The van der Waals surface area contributed by atoms with Crippen molar-refractivity contribution in [2.45, 2.75) is 51.2 Å². The molecule has 0 saturated carbocycles. The molecule has 30 heavy (non-hydrogen) atoms. The van der Waals surface area contributed by atoms with Crippen molar-refractivity contribution in [3.63, 3.8) is 0 Å². The monoisotopic (exact) mass is 411 g/mol. The number of rotatable bonds is 7. The Bertz CT molecular complexity index is 850. The van der Waals surface area contributed by atoms with Crippen LogP contribution in [0.1, 0.15) is 36.8 Å². The molecule has 3 aliphatic rings. The maximum absolute atomic E-state index is 10.5. The number of likely N-dealkylation sites (tertiary alicyclic amines) is 1. The summed E-state index contributed by atoms with van der Waals surface area (Å²) in [6, 6.07) is 8.94. The van der Waals surface area contributed by atoms with E-state index in [0.29, 0.717) is 30.7 Å². The van der Waals surface area contributed by atoms with Gasteiger partial charge in [0.1, 0.15) is 6.61 Å². The van der Waals surface area contributed by atoms with Gasteiger partial charge in [-0.2, -0.15) is 4.98 Å². The van der Waals surface area contributed by atoms with Gasteiger partial charge in [0.2, 0.25) is 6.35 Å². The summed E-state index contributed by atoms with van der Waals surface area (Å²) in [5, 5.41) is 13.5. The molecule has 3 aliphatic heterocycles. The largest absolute Gasteiger partial charge is 0.461 e. The molecular formula is C22H29N5O3. The number of ether oxygens (including phenoxy) is 2. The topological polar surface area (TPSA) is 83.0 Å². The number of aromatic nitrogens is 2. The first-order valence-electron chi connectivity index (χ1n) is 10.9. The number of nitrogens with zero attached hydrogens (tertiary/aromatic N) is 4. The molecule has 2 atom stereocenters. The molecule has 0 aliphatic carbocycles. The van der Waals surface area contributed by atoms with Crippen LogP contribution in [0.15, 0.2) is 30.5 Å². The van der Waals surface area contributed by atoms with E-state index in [1.807, 2.05) is 4.90 Å². The van der Waals surface area contributed by atoms with Crippen LogP contribution in [0.25, 0.3) is 0 Å². The Morgan fingerprint density at radius 1 is 1.10 bits per heavy atom. The highest BCUT2D eigenvalue weighted by Gasteiger charge is 2.30. The minimum atomic E-state index is -0.841. The SMILES string of the molecule is OC1Nc2cnc(OCC3CCCO3)nc2N1Cc1ccc(CN2CCCC2)cc1. The zero-order chi connectivity index (χ0) is 20.3. The van der Waals surface area contributed by atoms with Crippen LogP contribution in [-0.2, 0) is 17.8 Å². The normalized spacial score (nSPS) is 23.6. The van der Waals surface area contributed by atoms with Crippen molar-refractivity contribution in [3.8, 4) is 6.01 Å². The second-order valence-corrected chi connectivity index (χ2v) is 8.28. The molecule has 0 spiro atoms. The van der Waals surface area contributed by atoms with Gasteiger partial charge in [0.05, 0.1) is 18.0 Å². The Hall–Kier alpha value is -2.42. The predicted octanol–water partition coefficient (Wildman–Crippen LogP) is 2.34. The average molecular weight is 412 g/mol. The number of hydrogen-bond acceptors (Lipinski definition) is 8. The third-order valence-corrected chi connectivity index (χ3v) is 6.00. The Morgan fingerprint density at radius 2 is 1.87 bits per heavy atom. The molecule has 0 bridgehead atoms. The molecule has 2 unspecified atom stereocenters. The molecule has 2 fully saturated rings. The summed E-state index contributed by atoms with van der Waals surface area (Å²) in [6.07, 6.45) is 5.62. The maximum Gasteiger partial charge on any atom is 0.318 e. The van der Waals surface area contributed by atoms with Gasteiger partial charge in [-0.25, -0.2) is 4.98 Å². The van der Waals surface area contributed by atoms with Crippen LogP contribution in [0.5, 0.6) is 6.01 Å². The number of anilines is 2. The third kappa shape index (κ3) is 4.35. The standard InChI is InChI=1S/C22H29N5O3/c28-22-24-19-12-23-21(30-15-18-4-3-11-29-18)25-20(19)27(22)14-17-7-5-16(6-8-17)13-26-9-1-2-10-26/h5-8,12,18,22,24,28H,1-4,9-11,13-15H2. The van der Waals surface area contributed by atoms with Crippen molar-refractivity contribution in [1.29, 1.82) is 0 Å². The van der Waals surface area contributed by atoms with Gasteiger partial charge >= 0.3 is 6.01 Å². The van der Waals surface area contributed by atoms with Crippen molar-refractivity contribution in [2.24, 2.45) is 0 Å². The zero-order valence-electron chi connectivity index (χ0n) is 17.2. The highest BCUT2D eigenvalue weighted by Crippen LogP contribution is 2.33. The zero-order valence-corrected chi connectivity index (χ0v) is 17.2. The Morgan fingerprint density at radius 3 is 2.60 bits per heavy atom. The van der Waals surface area contributed by atoms with Gasteiger partial charge in [0.15, 0.2) is 5.82 Å². The van der Waals surface area contributed by atoms with Gasteiger partial charge in [-0.15, -0.1) is 0 Å². The van der Waals surface area contributed by atoms with Crippen molar-refractivity contribution in [3.05, 3.63) is 41.6 Å². The van der Waals surface area contributed by atoms with E-state index in [4.69, 9.17) is 9.47 Å². The van der Waals surface area contributed by atoms with Crippen LogP contribution in [-0.4, -0.2) is 58.7 Å². The van der Waals surface area contributed by atoms with Gasteiger partial charge in [0.25, 0.3) is 0 Å². The molecule has 160 valence electrons. The quantitative estimate of drug-likeness (QED) is 0.718. The van der Waals surface area contributed by atoms with E-state index in [-0.39, 0.29) is 6.10 Å². The van der Waals surface area contributed by atoms with Gasteiger partial charge in [-0.1, -0.05) is 24.3 Å². The molecule has 1 aromatic carbocycles. The number of aliphatic hydroxyl groups is 1. The first-order chi connectivity index (χ1) is 14.7. The molecule has 8 heteroatoms. The second kappa shape index (κ2) is 8.75. The van der Waals surface area contributed by atoms with Crippen LogP contribution in [0, 0.1) is 0 Å². The summed E-state index contributed by atoms with van der Waals surface area (Å²) >= 11 is 0. The minimum Gasteiger partial charge on any atom is -0.461 e. The smallest absolute Gasteiger partial charge is 0.318 e. The molecule has 0 amide bonds. The number of nitrogens with one attached hydrogen (secondary N) is 1. The molecular weight excluding hydrogens is 382 g/mol. The first kappa shape index (κ1) is 19.5. The lowest BCUT2D eigenvalue weighted by atomic mass is 10.1. The molecule has 8 nitrogen and oxygen atoms in total. The summed E-state index contributed by atoms with van der Waals surface area (Å²) in [4.78, 5) is 13.1. The lowest BCUT2D eigenvalue weighted by Gasteiger charge is -2.22. The predicted molar refractivity (Wildman–Crippen MR) is 113 cm³/mol. The molecule has 2 saturated heterocycles. The number of benzene rings is 1. The van der Waals surface area contributed by atoms with Crippen LogP contribution in [0.3, 0.4) is 0 Å². The summed E-state index contributed by atoms with van der Waals surface area (Å²) in [6.45, 7) is 5.19. The molecule has 2 N–H and O–H groups in total. The van der Waals surface area contributed by atoms with E-state index in [1.165, 1.54) is 31.5 Å². The number of hydrogen-bond donors (Lipinski definition) is 2. The van der Waals surface area contributed by atoms with E-state index >= 15 is 0 Å². The van der Waals surface area contributed by atoms with Gasteiger partial charge < -0.3 is 24.8 Å². The second-order valence-electron chi connectivity index (χ2n) is 8.28.